The van der Waals surface area contributed by atoms with Crippen LogP contribution in [0.2, 0.25) is 0 Å². The largest absolute Gasteiger partial charge is 0.481 e. The number of methoxy groups -OCH3 is 2. The molecule has 1 atom stereocenters. The molecule has 3 aromatic heterocycles. The number of ether oxygens (including phenoxy) is 2. The maximum atomic E-state index is 5.51. The summed E-state index contributed by atoms with van der Waals surface area (Å²) < 4.78 is 13.2. The van der Waals surface area contributed by atoms with Crippen molar-refractivity contribution in [3.05, 3.63) is 30.2 Å². The second-order valence-corrected chi connectivity index (χ2v) is 7.00. The van der Waals surface area contributed by atoms with E-state index >= 15 is 0 Å². The number of imidazole rings is 1. The quantitative estimate of drug-likeness (QED) is 0.619. The Balaban J connectivity index is 1.92. The van der Waals surface area contributed by atoms with Crippen molar-refractivity contribution in [3.8, 4) is 23.0 Å². The Morgan fingerprint density at radius 3 is 2.56 bits per heavy atom. The van der Waals surface area contributed by atoms with E-state index < -0.39 is 0 Å². The summed E-state index contributed by atoms with van der Waals surface area (Å²) in [7, 11) is 3.21. The average Bonchev–Trinajstić information content (AvgIpc) is 3.48. The molecule has 0 bridgehead atoms. The lowest BCUT2D eigenvalue weighted by Crippen LogP contribution is -2.13. The van der Waals surface area contributed by atoms with E-state index in [0.717, 1.165) is 46.9 Å². The first kappa shape index (κ1) is 17.8. The van der Waals surface area contributed by atoms with Crippen LogP contribution in [0, 0.1) is 5.92 Å². The second kappa shape index (κ2) is 7.18. The zero-order valence-electron chi connectivity index (χ0n) is 16.4. The van der Waals surface area contributed by atoms with E-state index in [-0.39, 0.29) is 0 Å². The molecule has 0 spiro atoms. The third-order valence-electron chi connectivity index (χ3n) is 5.41. The van der Waals surface area contributed by atoms with Crippen LogP contribution in [0.4, 0.5) is 0 Å². The molecule has 3 aromatic rings. The van der Waals surface area contributed by atoms with Gasteiger partial charge < -0.3 is 14.0 Å². The highest BCUT2D eigenvalue weighted by molar-refractivity contribution is 5.91. The van der Waals surface area contributed by atoms with Gasteiger partial charge in [0.2, 0.25) is 11.8 Å². The number of fused-ring (bicyclic) bond motifs is 1. The minimum atomic E-state index is 0.496. The van der Waals surface area contributed by atoms with Crippen LogP contribution in [0.5, 0.6) is 11.8 Å². The predicted octanol–water partition coefficient (Wildman–Crippen LogP) is 4.43. The number of aryl methyl sites for hydroxylation is 1. The molecule has 0 aliphatic heterocycles. The van der Waals surface area contributed by atoms with E-state index in [1.807, 2.05) is 18.3 Å². The predicted molar refractivity (Wildman–Crippen MR) is 105 cm³/mol. The van der Waals surface area contributed by atoms with Gasteiger partial charge in [-0.1, -0.05) is 13.8 Å². The fourth-order valence-electron chi connectivity index (χ4n) is 3.97. The minimum absolute atomic E-state index is 0.496. The SMILES string of the molecule is CCc1nc2c(-c3ccc(OC)nc3OC)nccc2n1C(CC)C1CC1. The van der Waals surface area contributed by atoms with Gasteiger partial charge in [0.15, 0.2) is 0 Å². The van der Waals surface area contributed by atoms with Crippen LogP contribution in [0.1, 0.15) is 45.0 Å². The molecule has 6 nitrogen and oxygen atoms in total. The van der Waals surface area contributed by atoms with Crippen LogP contribution in [0.25, 0.3) is 22.3 Å². The van der Waals surface area contributed by atoms with E-state index in [0.29, 0.717) is 17.8 Å². The van der Waals surface area contributed by atoms with Crippen molar-refractivity contribution in [3.63, 3.8) is 0 Å². The molecule has 4 rings (SSSR count). The summed E-state index contributed by atoms with van der Waals surface area (Å²) >= 11 is 0. The molecule has 1 saturated carbocycles. The molecule has 0 radical (unpaired) electrons. The fraction of sp³-hybridized carbons (Fsp3) is 0.476. The minimum Gasteiger partial charge on any atom is -0.481 e. The Hall–Kier alpha value is -2.63. The number of aromatic nitrogens is 4. The molecule has 0 N–H and O–H groups in total. The number of pyridine rings is 2. The first-order valence-electron chi connectivity index (χ1n) is 9.66. The highest BCUT2D eigenvalue weighted by Gasteiger charge is 2.33. The molecular weight excluding hydrogens is 340 g/mol. The van der Waals surface area contributed by atoms with Crippen LogP contribution in [0.15, 0.2) is 24.4 Å². The molecule has 1 aliphatic rings. The average molecular weight is 366 g/mol. The lowest BCUT2D eigenvalue weighted by Gasteiger charge is -2.19. The van der Waals surface area contributed by atoms with Gasteiger partial charge in [0.05, 0.1) is 25.3 Å². The number of hydrogen-bond donors (Lipinski definition) is 0. The van der Waals surface area contributed by atoms with E-state index in [4.69, 9.17) is 14.5 Å². The third-order valence-corrected chi connectivity index (χ3v) is 5.41. The van der Waals surface area contributed by atoms with Crippen LogP contribution >= 0.6 is 0 Å². The monoisotopic (exact) mass is 366 g/mol. The van der Waals surface area contributed by atoms with Crippen molar-refractivity contribution in [2.75, 3.05) is 14.2 Å². The number of hydrogen-bond acceptors (Lipinski definition) is 5. The summed E-state index contributed by atoms with van der Waals surface area (Å²) in [5, 5.41) is 0. The van der Waals surface area contributed by atoms with Crippen molar-refractivity contribution < 1.29 is 9.47 Å². The van der Waals surface area contributed by atoms with Gasteiger partial charge in [0.1, 0.15) is 17.0 Å². The maximum Gasteiger partial charge on any atom is 0.226 e. The Morgan fingerprint density at radius 1 is 1.11 bits per heavy atom. The van der Waals surface area contributed by atoms with Gasteiger partial charge in [-0.15, -0.1) is 0 Å². The van der Waals surface area contributed by atoms with Crippen LogP contribution in [0.3, 0.4) is 0 Å². The molecule has 3 heterocycles. The highest BCUT2D eigenvalue weighted by Crippen LogP contribution is 2.44. The van der Waals surface area contributed by atoms with Gasteiger partial charge in [-0.3, -0.25) is 4.98 Å². The van der Waals surface area contributed by atoms with Gasteiger partial charge >= 0.3 is 0 Å². The van der Waals surface area contributed by atoms with Crippen LogP contribution in [-0.4, -0.2) is 33.7 Å². The van der Waals surface area contributed by atoms with Gasteiger partial charge in [-0.05, 0) is 37.3 Å². The summed E-state index contributed by atoms with van der Waals surface area (Å²) in [4.78, 5) is 14.0. The van der Waals surface area contributed by atoms with Crippen LogP contribution in [-0.2, 0) is 6.42 Å². The molecule has 0 amide bonds. The van der Waals surface area contributed by atoms with Crippen molar-refractivity contribution in [2.24, 2.45) is 5.92 Å². The van der Waals surface area contributed by atoms with Gasteiger partial charge in [-0.2, -0.15) is 4.98 Å². The zero-order chi connectivity index (χ0) is 19.0. The molecule has 1 aliphatic carbocycles. The molecule has 0 aromatic carbocycles. The molecule has 6 heteroatoms. The Kier molecular flexibility index (Phi) is 4.72. The van der Waals surface area contributed by atoms with Gasteiger partial charge in [-0.25, -0.2) is 4.98 Å². The summed E-state index contributed by atoms with van der Waals surface area (Å²) in [6, 6.07) is 6.36. The molecule has 1 unspecified atom stereocenters. The molecular formula is C21H26N4O2. The Bertz CT molecular complexity index is 962. The Labute approximate surface area is 159 Å². The van der Waals surface area contributed by atoms with Crippen molar-refractivity contribution in [1.29, 1.82) is 0 Å². The zero-order valence-corrected chi connectivity index (χ0v) is 16.4. The third kappa shape index (κ3) is 3.03. The number of rotatable bonds is 7. The lowest BCUT2D eigenvalue weighted by atomic mass is 10.1. The molecule has 142 valence electrons. The fourth-order valence-corrected chi connectivity index (χ4v) is 3.97. The number of nitrogens with zero attached hydrogens (tertiary/aromatic N) is 4. The molecule has 0 saturated heterocycles. The highest BCUT2D eigenvalue weighted by atomic mass is 16.5. The van der Waals surface area contributed by atoms with Crippen LogP contribution < -0.4 is 9.47 Å². The van der Waals surface area contributed by atoms with Crippen molar-refractivity contribution >= 4 is 11.0 Å². The Morgan fingerprint density at radius 2 is 1.93 bits per heavy atom. The molecule has 27 heavy (non-hydrogen) atoms. The summed E-state index contributed by atoms with van der Waals surface area (Å²) in [6.45, 7) is 4.44. The summed E-state index contributed by atoms with van der Waals surface area (Å²) in [6.07, 6.45) is 6.51. The molecule has 1 fully saturated rings. The van der Waals surface area contributed by atoms with Gasteiger partial charge in [0.25, 0.3) is 0 Å². The summed E-state index contributed by atoms with van der Waals surface area (Å²) in [5.74, 6) is 2.91. The smallest absolute Gasteiger partial charge is 0.226 e. The van der Waals surface area contributed by atoms with Gasteiger partial charge in [0, 0.05) is 24.7 Å². The second-order valence-electron chi connectivity index (χ2n) is 7.00. The lowest BCUT2D eigenvalue weighted by molar-refractivity contribution is 0.366. The van der Waals surface area contributed by atoms with E-state index in [9.17, 15) is 0 Å². The normalized spacial score (nSPS) is 15.1. The first-order chi connectivity index (χ1) is 13.2. The topological polar surface area (TPSA) is 62.1 Å². The maximum absolute atomic E-state index is 5.51. The van der Waals surface area contributed by atoms with Crippen molar-refractivity contribution in [2.45, 2.75) is 45.6 Å². The standard InChI is InChI=1S/C21H26N4O2/c1-5-15(13-7-8-13)25-16-11-12-22-19(20(16)23-17(25)6-2)14-9-10-18(26-3)24-21(14)27-4/h9-13,15H,5-8H2,1-4H3. The van der Waals surface area contributed by atoms with E-state index in [1.165, 1.54) is 12.8 Å². The summed E-state index contributed by atoms with van der Waals surface area (Å²) in [5.41, 5.74) is 3.70. The first-order valence-corrected chi connectivity index (χ1v) is 9.66. The van der Waals surface area contributed by atoms with Crippen molar-refractivity contribution in [1.82, 2.24) is 19.5 Å². The van der Waals surface area contributed by atoms with E-state index in [1.54, 1.807) is 14.2 Å². The van der Waals surface area contributed by atoms with E-state index in [2.05, 4.69) is 34.4 Å².